The third kappa shape index (κ3) is 5.68. The van der Waals surface area contributed by atoms with Gasteiger partial charge in [-0.1, -0.05) is 48.0 Å². The number of hydrogen-bond donors (Lipinski definition) is 0. The Morgan fingerprint density at radius 1 is 0.889 bits per heavy atom. The van der Waals surface area contributed by atoms with Crippen molar-refractivity contribution in [1.82, 2.24) is 4.90 Å². The van der Waals surface area contributed by atoms with Gasteiger partial charge in [0, 0.05) is 42.5 Å². The molecular formula is C28H32ClN3O3S. The molecule has 190 valence electrons. The zero-order valence-electron chi connectivity index (χ0n) is 21.2. The average Bonchev–Trinajstić information content (AvgIpc) is 2.84. The first-order chi connectivity index (χ1) is 17.0. The summed E-state index contributed by atoms with van der Waals surface area (Å²) in [5, 5.41) is 0.709. The lowest BCUT2D eigenvalue weighted by Crippen LogP contribution is -2.49. The molecule has 0 aromatic heterocycles. The van der Waals surface area contributed by atoms with E-state index in [4.69, 9.17) is 11.6 Å². The van der Waals surface area contributed by atoms with Crippen LogP contribution in [0.4, 0.5) is 11.4 Å². The Morgan fingerprint density at radius 3 is 2.08 bits per heavy atom. The number of nitrogens with zero attached hydrogens (tertiary/aromatic N) is 3. The fourth-order valence-electron chi connectivity index (χ4n) is 4.74. The summed E-state index contributed by atoms with van der Waals surface area (Å²) >= 11 is 6.19. The molecule has 1 amide bonds. The number of amides is 1. The quantitative estimate of drug-likeness (QED) is 0.444. The normalized spacial score (nSPS) is 14.1. The second kappa shape index (κ2) is 10.5. The van der Waals surface area contributed by atoms with E-state index in [-0.39, 0.29) is 12.5 Å². The lowest BCUT2D eigenvalue weighted by molar-refractivity contribution is 0.0746. The standard InChI is InChI=1S/C28H32ClN3O3S/c1-20-8-13-25(29)18-26(20)30-14-16-31(17-15-30)28(33)24-11-9-23(10-12-24)19-32(36(4,34)35)27-21(2)6-5-7-22(27)3/h5-13,18H,14-17,19H2,1-4H3. The fraction of sp³-hybridized carbons (Fsp3) is 0.321. The van der Waals surface area contributed by atoms with Gasteiger partial charge in [0.05, 0.1) is 18.5 Å². The average molecular weight is 526 g/mol. The summed E-state index contributed by atoms with van der Waals surface area (Å²) in [6, 6.07) is 18.9. The van der Waals surface area contributed by atoms with Crippen LogP contribution in [0, 0.1) is 20.8 Å². The molecule has 0 spiro atoms. The first kappa shape index (κ1) is 26.0. The summed E-state index contributed by atoms with van der Waals surface area (Å²) in [7, 11) is -3.49. The topological polar surface area (TPSA) is 60.9 Å². The van der Waals surface area contributed by atoms with E-state index in [1.807, 2.05) is 67.3 Å². The molecule has 8 heteroatoms. The minimum absolute atomic E-state index is 0.0151. The molecule has 1 aliphatic heterocycles. The Hall–Kier alpha value is -3.03. The number of anilines is 2. The van der Waals surface area contributed by atoms with Crippen molar-refractivity contribution < 1.29 is 13.2 Å². The Kier molecular flexibility index (Phi) is 7.62. The Morgan fingerprint density at radius 2 is 1.50 bits per heavy atom. The SMILES string of the molecule is Cc1ccc(Cl)cc1N1CCN(C(=O)c2ccc(CN(c3c(C)cccc3C)S(C)(=O)=O)cc2)CC1. The number of sulfonamides is 1. The van der Waals surface area contributed by atoms with Crippen LogP contribution in [-0.2, 0) is 16.6 Å². The van der Waals surface area contributed by atoms with Crippen LogP contribution in [0.15, 0.2) is 60.7 Å². The van der Waals surface area contributed by atoms with Gasteiger partial charge >= 0.3 is 0 Å². The van der Waals surface area contributed by atoms with Crippen molar-refractivity contribution in [2.45, 2.75) is 27.3 Å². The number of piperazine rings is 1. The van der Waals surface area contributed by atoms with E-state index in [2.05, 4.69) is 11.8 Å². The Bertz CT molecular complexity index is 1350. The smallest absolute Gasteiger partial charge is 0.253 e. The van der Waals surface area contributed by atoms with Crippen LogP contribution < -0.4 is 9.21 Å². The van der Waals surface area contributed by atoms with Crippen molar-refractivity contribution >= 4 is 38.9 Å². The van der Waals surface area contributed by atoms with Gasteiger partial charge in [0.15, 0.2) is 0 Å². The molecule has 1 fully saturated rings. The number of carbonyl (C=O) groups is 1. The van der Waals surface area contributed by atoms with Crippen LogP contribution in [0.3, 0.4) is 0 Å². The molecule has 0 radical (unpaired) electrons. The number of halogens is 1. The molecule has 1 aliphatic rings. The third-order valence-corrected chi connectivity index (χ3v) is 8.04. The summed E-state index contributed by atoms with van der Waals surface area (Å²) in [5.74, 6) is -0.0151. The van der Waals surface area contributed by atoms with E-state index >= 15 is 0 Å². The first-order valence-electron chi connectivity index (χ1n) is 12.0. The molecule has 3 aromatic carbocycles. The van der Waals surface area contributed by atoms with Gasteiger partial charge in [-0.2, -0.15) is 0 Å². The molecule has 1 saturated heterocycles. The monoisotopic (exact) mass is 525 g/mol. The molecule has 36 heavy (non-hydrogen) atoms. The summed E-state index contributed by atoms with van der Waals surface area (Å²) in [5.41, 5.74) is 6.20. The van der Waals surface area contributed by atoms with Crippen LogP contribution in [0.1, 0.15) is 32.6 Å². The van der Waals surface area contributed by atoms with E-state index in [0.717, 1.165) is 35.5 Å². The maximum absolute atomic E-state index is 13.1. The summed E-state index contributed by atoms with van der Waals surface area (Å²) < 4.78 is 26.7. The van der Waals surface area contributed by atoms with Gasteiger partial charge in [-0.25, -0.2) is 8.42 Å². The van der Waals surface area contributed by atoms with E-state index in [9.17, 15) is 13.2 Å². The minimum Gasteiger partial charge on any atom is -0.368 e. The highest BCUT2D eigenvalue weighted by Crippen LogP contribution is 2.29. The Balaban J connectivity index is 1.45. The highest BCUT2D eigenvalue weighted by atomic mass is 35.5. The largest absolute Gasteiger partial charge is 0.368 e. The second-order valence-corrected chi connectivity index (χ2v) is 11.8. The number of rotatable bonds is 6. The zero-order chi connectivity index (χ0) is 26.0. The van der Waals surface area contributed by atoms with Gasteiger partial charge in [0.25, 0.3) is 5.91 Å². The maximum atomic E-state index is 13.1. The molecule has 0 N–H and O–H groups in total. The van der Waals surface area contributed by atoms with Gasteiger partial charge in [0.1, 0.15) is 0 Å². The van der Waals surface area contributed by atoms with E-state index in [0.29, 0.717) is 29.4 Å². The predicted octanol–water partition coefficient (Wildman–Crippen LogP) is 5.19. The van der Waals surface area contributed by atoms with Crippen molar-refractivity contribution in [2.75, 3.05) is 41.6 Å². The van der Waals surface area contributed by atoms with Gasteiger partial charge in [-0.3, -0.25) is 9.10 Å². The number of para-hydroxylation sites is 1. The van der Waals surface area contributed by atoms with Crippen molar-refractivity contribution in [2.24, 2.45) is 0 Å². The van der Waals surface area contributed by atoms with E-state index in [1.165, 1.54) is 16.1 Å². The summed E-state index contributed by atoms with van der Waals surface area (Å²) in [6.45, 7) is 8.83. The summed E-state index contributed by atoms with van der Waals surface area (Å²) in [6.07, 6.45) is 1.22. The molecule has 1 heterocycles. The molecule has 3 aromatic rings. The highest BCUT2D eigenvalue weighted by Gasteiger charge is 2.24. The molecule has 6 nitrogen and oxygen atoms in total. The molecule has 0 bridgehead atoms. The molecule has 0 aliphatic carbocycles. The van der Waals surface area contributed by atoms with Gasteiger partial charge in [-0.15, -0.1) is 0 Å². The lowest BCUT2D eigenvalue weighted by Gasteiger charge is -2.37. The van der Waals surface area contributed by atoms with E-state index in [1.54, 1.807) is 12.1 Å². The number of carbonyl (C=O) groups excluding carboxylic acids is 1. The van der Waals surface area contributed by atoms with Gasteiger partial charge < -0.3 is 9.80 Å². The van der Waals surface area contributed by atoms with Crippen LogP contribution in [0.2, 0.25) is 5.02 Å². The second-order valence-electron chi connectivity index (χ2n) is 9.42. The highest BCUT2D eigenvalue weighted by molar-refractivity contribution is 7.92. The van der Waals surface area contributed by atoms with Crippen molar-refractivity contribution in [3.63, 3.8) is 0 Å². The number of benzene rings is 3. The summed E-state index contributed by atoms with van der Waals surface area (Å²) in [4.78, 5) is 17.3. The van der Waals surface area contributed by atoms with Crippen molar-refractivity contribution in [3.05, 3.63) is 93.5 Å². The Labute approximate surface area is 219 Å². The van der Waals surface area contributed by atoms with Gasteiger partial charge in [0.2, 0.25) is 10.0 Å². The molecular weight excluding hydrogens is 494 g/mol. The number of aryl methyl sites for hydroxylation is 3. The van der Waals surface area contributed by atoms with Crippen LogP contribution in [0.25, 0.3) is 0 Å². The molecule has 0 unspecified atom stereocenters. The van der Waals surface area contributed by atoms with E-state index < -0.39 is 10.0 Å². The zero-order valence-corrected chi connectivity index (χ0v) is 22.7. The molecule has 0 atom stereocenters. The fourth-order valence-corrected chi connectivity index (χ4v) is 5.91. The van der Waals surface area contributed by atoms with Crippen molar-refractivity contribution in [1.29, 1.82) is 0 Å². The molecule has 4 rings (SSSR count). The van der Waals surface area contributed by atoms with Crippen LogP contribution in [0.5, 0.6) is 0 Å². The predicted molar refractivity (Wildman–Crippen MR) is 148 cm³/mol. The lowest BCUT2D eigenvalue weighted by atomic mass is 10.1. The van der Waals surface area contributed by atoms with Crippen LogP contribution in [-0.4, -0.2) is 51.7 Å². The van der Waals surface area contributed by atoms with Crippen LogP contribution >= 0.6 is 11.6 Å². The first-order valence-corrected chi connectivity index (χ1v) is 14.2. The van der Waals surface area contributed by atoms with Crippen molar-refractivity contribution in [3.8, 4) is 0 Å². The third-order valence-electron chi connectivity index (χ3n) is 6.70. The van der Waals surface area contributed by atoms with Gasteiger partial charge in [-0.05, 0) is 67.3 Å². The maximum Gasteiger partial charge on any atom is 0.253 e. The number of hydrogen-bond acceptors (Lipinski definition) is 4. The molecule has 0 saturated carbocycles. The minimum atomic E-state index is -3.49.